The van der Waals surface area contributed by atoms with Crippen LogP contribution < -0.4 is 19.6 Å². The zero-order chi connectivity index (χ0) is 24.7. The minimum atomic E-state index is -0.647. The quantitative estimate of drug-likeness (QED) is 0.405. The highest BCUT2D eigenvalue weighted by Gasteiger charge is 2.33. The zero-order valence-corrected chi connectivity index (χ0v) is 20.8. The minimum Gasteiger partial charge on any atom is -0.497 e. The normalized spacial score (nSPS) is 15.8. The number of aryl methyl sites for hydroxylation is 1. The number of fused-ring (bicyclic) bond motifs is 2. The van der Waals surface area contributed by atoms with Crippen LogP contribution in [0.15, 0.2) is 75.8 Å². The second-order valence-electron chi connectivity index (χ2n) is 8.29. The third-order valence-corrected chi connectivity index (χ3v) is 7.15. The molecule has 4 aromatic rings. The van der Waals surface area contributed by atoms with Crippen molar-refractivity contribution in [2.45, 2.75) is 19.9 Å². The summed E-state index contributed by atoms with van der Waals surface area (Å²) in [6, 6.07) is 14.8. The summed E-state index contributed by atoms with van der Waals surface area (Å²) < 4.78 is 14.8. The number of esters is 1. The number of benzene rings is 2. The van der Waals surface area contributed by atoms with E-state index in [1.54, 1.807) is 25.5 Å². The number of methoxy groups -OCH3 is 1. The summed E-state index contributed by atoms with van der Waals surface area (Å²) >= 11 is 1.32. The Hall–Kier alpha value is -3.91. The summed E-state index contributed by atoms with van der Waals surface area (Å²) in [6.45, 7) is 3.77. The molecule has 7 nitrogen and oxygen atoms in total. The number of hydrogen-bond acceptors (Lipinski definition) is 6. The van der Waals surface area contributed by atoms with Crippen LogP contribution >= 0.6 is 11.3 Å². The molecule has 0 spiro atoms. The highest BCUT2D eigenvalue weighted by atomic mass is 32.1. The summed E-state index contributed by atoms with van der Waals surface area (Å²) in [7, 11) is 3.58. The van der Waals surface area contributed by atoms with Gasteiger partial charge in [0, 0.05) is 29.7 Å². The molecule has 2 aromatic heterocycles. The molecule has 0 aliphatic carbocycles. The Morgan fingerprint density at radius 3 is 2.63 bits per heavy atom. The largest absolute Gasteiger partial charge is 0.497 e. The van der Waals surface area contributed by atoms with Gasteiger partial charge in [0.15, 0.2) is 4.80 Å². The molecular weight excluding hydrogens is 462 g/mol. The van der Waals surface area contributed by atoms with E-state index in [2.05, 4.69) is 4.99 Å². The third-order valence-electron chi connectivity index (χ3n) is 6.16. The maximum atomic E-state index is 13.8. The highest BCUT2D eigenvalue weighted by molar-refractivity contribution is 7.07. The Morgan fingerprint density at radius 2 is 1.91 bits per heavy atom. The Labute approximate surface area is 205 Å². The Bertz CT molecular complexity index is 1660. The van der Waals surface area contributed by atoms with Crippen LogP contribution in [0.2, 0.25) is 0 Å². The second kappa shape index (κ2) is 9.03. The molecule has 1 unspecified atom stereocenters. The van der Waals surface area contributed by atoms with Crippen LogP contribution in [-0.4, -0.2) is 28.8 Å². The Kier molecular flexibility index (Phi) is 5.90. The van der Waals surface area contributed by atoms with Crippen molar-refractivity contribution < 1.29 is 14.3 Å². The van der Waals surface area contributed by atoms with E-state index in [-0.39, 0.29) is 12.2 Å². The standard InChI is InChI=1S/C27H25N3O4S/c1-5-34-26(32)23-16(2)28-27-30(24(23)17-10-12-19(33-4)13-11-17)25(31)22(35-27)14-18-15-29(3)21-9-7-6-8-20(18)21/h6-15,24H,5H2,1-4H3. The van der Waals surface area contributed by atoms with Crippen LogP contribution in [0, 0.1) is 0 Å². The summed E-state index contributed by atoms with van der Waals surface area (Å²) in [5.41, 5.74) is 3.53. The van der Waals surface area contributed by atoms with Gasteiger partial charge in [-0.1, -0.05) is 41.7 Å². The Morgan fingerprint density at radius 1 is 1.17 bits per heavy atom. The maximum Gasteiger partial charge on any atom is 0.338 e. The monoisotopic (exact) mass is 487 g/mol. The van der Waals surface area contributed by atoms with Crippen LogP contribution in [0.1, 0.15) is 31.0 Å². The SMILES string of the molecule is CCOC(=O)C1=C(C)N=c2sc(=Cc3cn(C)c4ccccc34)c(=O)n2C1c1ccc(OC)cc1. The smallest absolute Gasteiger partial charge is 0.338 e. The van der Waals surface area contributed by atoms with Gasteiger partial charge in [-0.15, -0.1) is 0 Å². The van der Waals surface area contributed by atoms with Crippen molar-refractivity contribution in [3.05, 3.63) is 96.8 Å². The van der Waals surface area contributed by atoms with Gasteiger partial charge in [-0.25, -0.2) is 9.79 Å². The third kappa shape index (κ3) is 3.89. The van der Waals surface area contributed by atoms with Crippen molar-refractivity contribution in [2.24, 2.45) is 12.0 Å². The lowest BCUT2D eigenvalue weighted by Gasteiger charge is -2.24. The molecule has 3 heterocycles. The lowest BCUT2D eigenvalue weighted by atomic mass is 9.96. The van der Waals surface area contributed by atoms with E-state index in [4.69, 9.17) is 9.47 Å². The molecule has 0 radical (unpaired) electrons. The number of allylic oxidation sites excluding steroid dienone is 1. The number of carbonyl (C=O) groups is 1. The van der Waals surface area contributed by atoms with Crippen molar-refractivity contribution in [1.29, 1.82) is 0 Å². The lowest BCUT2D eigenvalue weighted by molar-refractivity contribution is -0.139. The van der Waals surface area contributed by atoms with Gasteiger partial charge >= 0.3 is 5.97 Å². The molecule has 0 bridgehead atoms. The van der Waals surface area contributed by atoms with Gasteiger partial charge < -0.3 is 14.0 Å². The summed E-state index contributed by atoms with van der Waals surface area (Å²) in [4.78, 5) is 32.0. The van der Waals surface area contributed by atoms with Crippen LogP contribution in [0.4, 0.5) is 0 Å². The van der Waals surface area contributed by atoms with Crippen LogP contribution in [0.3, 0.4) is 0 Å². The number of para-hydroxylation sites is 1. The topological polar surface area (TPSA) is 74.8 Å². The fourth-order valence-corrected chi connectivity index (χ4v) is 5.56. The molecule has 0 saturated heterocycles. The molecule has 178 valence electrons. The average Bonchev–Trinajstić information content (AvgIpc) is 3.34. The van der Waals surface area contributed by atoms with Gasteiger partial charge in [0.2, 0.25) is 0 Å². The maximum absolute atomic E-state index is 13.8. The molecule has 1 aliphatic heterocycles. The number of rotatable bonds is 5. The molecule has 0 amide bonds. The summed E-state index contributed by atoms with van der Waals surface area (Å²) in [6.07, 6.45) is 3.92. The van der Waals surface area contributed by atoms with Crippen molar-refractivity contribution in [1.82, 2.24) is 9.13 Å². The predicted molar refractivity (Wildman–Crippen MR) is 136 cm³/mol. The van der Waals surface area contributed by atoms with Crippen LogP contribution in [0.5, 0.6) is 5.75 Å². The first-order valence-corrected chi connectivity index (χ1v) is 12.1. The second-order valence-corrected chi connectivity index (χ2v) is 9.30. The molecule has 1 atom stereocenters. The van der Waals surface area contributed by atoms with Crippen molar-refractivity contribution in [3.8, 4) is 5.75 Å². The van der Waals surface area contributed by atoms with E-state index in [1.165, 1.54) is 11.3 Å². The number of nitrogens with zero attached hydrogens (tertiary/aromatic N) is 3. The minimum absolute atomic E-state index is 0.197. The lowest BCUT2D eigenvalue weighted by Crippen LogP contribution is -2.39. The van der Waals surface area contributed by atoms with Gasteiger partial charge in [-0.2, -0.15) is 0 Å². The molecule has 8 heteroatoms. The molecule has 5 rings (SSSR count). The fraction of sp³-hybridized carbons (Fsp3) is 0.222. The van der Waals surface area contributed by atoms with Gasteiger partial charge in [0.1, 0.15) is 5.75 Å². The van der Waals surface area contributed by atoms with E-state index >= 15 is 0 Å². The average molecular weight is 488 g/mol. The number of thiazole rings is 1. The fourth-order valence-electron chi connectivity index (χ4n) is 4.52. The first-order valence-electron chi connectivity index (χ1n) is 11.3. The first-order chi connectivity index (χ1) is 16.9. The molecule has 0 fully saturated rings. The van der Waals surface area contributed by atoms with E-state index in [9.17, 15) is 9.59 Å². The molecule has 0 saturated carbocycles. The predicted octanol–water partition coefficient (Wildman–Crippen LogP) is 3.30. The number of aromatic nitrogens is 2. The molecule has 1 aliphatic rings. The number of ether oxygens (including phenoxy) is 2. The van der Waals surface area contributed by atoms with Crippen LogP contribution in [0.25, 0.3) is 17.0 Å². The van der Waals surface area contributed by atoms with E-state index < -0.39 is 12.0 Å². The molecule has 0 N–H and O–H groups in total. The van der Waals surface area contributed by atoms with Crippen LogP contribution in [-0.2, 0) is 16.6 Å². The molecular formula is C27H25N3O4S. The van der Waals surface area contributed by atoms with Gasteiger partial charge in [-0.3, -0.25) is 9.36 Å². The number of carbonyl (C=O) groups excluding carboxylic acids is 1. The van der Waals surface area contributed by atoms with Crippen molar-refractivity contribution in [2.75, 3.05) is 13.7 Å². The number of hydrogen-bond donors (Lipinski definition) is 0. The highest BCUT2D eigenvalue weighted by Crippen LogP contribution is 2.31. The summed E-state index contributed by atoms with van der Waals surface area (Å²) in [5, 5.41) is 1.07. The first kappa shape index (κ1) is 22.9. The summed E-state index contributed by atoms with van der Waals surface area (Å²) in [5.74, 6) is 0.216. The van der Waals surface area contributed by atoms with Gasteiger partial charge in [0.25, 0.3) is 5.56 Å². The van der Waals surface area contributed by atoms with E-state index in [1.807, 2.05) is 72.4 Å². The van der Waals surface area contributed by atoms with Crippen molar-refractivity contribution >= 4 is 34.3 Å². The van der Waals surface area contributed by atoms with Gasteiger partial charge in [-0.05, 0) is 43.7 Å². The van der Waals surface area contributed by atoms with Crippen molar-refractivity contribution in [3.63, 3.8) is 0 Å². The molecule has 2 aromatic carbocycles. The Balaban J connectivity index is 1.74. The zero-order valence-electron chi connectivity index (χ0n) is 19.9. The van der Waals surface area contributed by atoms with Gasteiger partial charge in [0.05, 0.1) is 35.6 Å². The molecule has 35 heavy (non-hydrogen) atoms. The van der Waals surface area contributed by atoms with E-state index in [0.29, 0.717) is 26.4 Å². The van der Waals surface area contributed by atoms with E-state index in [0.717, 1.165) is 22.0 Å².